The highest BCUT2D eigenvalue weighted by molar-refractivity contribution is 7.79. The molecule has 0 aliphatic carbocycles. The molecule has 0 bridgehead atoms. The van der Waals surface area contributed by atoms with Crippen molar-refractivity contribution in [3.63, 3.8) is 0 Å². The van der Waals surface area contributed by atoms with Gasteiger partial charge in [-0.05, 0) is 23.3 Å². The monoisotopic (exact) mass is 557 g/mol. The van der Waals surface area contributed by atoms with Crippen LogP contribution in [-0.2, 0) is 11.5 Å². The van der Waals surface area contributed by atoms with Crippen LogP contribution in [0.3, 0.4) is 0 Å². The van der Waals surface area contributed by atoms with Crippen LogP contribution >= 0.6 is 25.3 Å². The molecular weight excluding hydrogens is 518 g/mol. The molecule has 14 heteroatoms. The lowest BCUT2D eigenvalue weighted by molar-refractivity contribution is -0.130. The fourth-order valence-electron chi connectivity index (χ4n) is 3.41. The molecule has 36 heavy (non-hydrogen) atoms. The minimum Gasteiger partial charge on any atom is -0.492 e. The summed E-state index contributed by atoms with van der Waals surface area (Å²) in [6.45, 7) is -2.38. The molecule has 1 rings (SSSR count). The third-order valence-electron chi connectivity index (χ3n) is 5.74. The predicted molar refractivity (Wildman–Crippen MR) is 136 cm³/mol. The Morgan fingerprint density at radius 3 is 1.53 bits per heavy atom. The quantitative estimate of drug-likeness (QED) is 0.0781. The largest absolute Gasteiger partial charge is 0.492 e. The van der Waals surface area contributed by atoms with Gasteiger partial charge in [-0.15, -0.1) is 0 Å². The number of nitrogens with zero attached hydrogens (tertiary/aromatic N) is 1. The summed E-state index contributed by atoms with van der Waals surface area (Å²) in [6.07, 6.45) is -14.1. The second-order valence-corrected chi connectivity index (χ2v) is 9.08. The zero-order valence-electron chi connectivity index (χ0n) is 19.7. The molecule has 1 aromatic rings. The highest BCUT2D eigenvalue weighted by Crippen LogP contribution is 2.21. The van der Waals surface area contributed by atoms with Crippen LogP contribution in [0.25, 0.3) is 0 Å². The molecule has 0 aromatic heterocycles. The Morgan fingerprint density at radius 1 is 0.667 bits per heavy atom. The number of ether oxygens (including phenoxy) is 1. The molecule has 0 unspecified atom stereocenters. The van der Waals surface area contributed by atoms with Gasteiger partial charge in [-0.25, -0.2) is 0 Å². The Labute approximate surface area is 220 Å². The van der Waals surface area contributed by atoms with Crippen molar-refractivity contribution in [2.75, 3.05) is 39.5 Å². The van der Waals surface area contributed by atoms with Crippen LogP contribution in [-0.4, -0.2) is 144 Å². The molecule has 10 N–H and O–H groups in total. The average molecular weight is 558 g/mol. The van der Waals surface area contributed by atoms with Gasteiger partial charge in [0.15, 0.2) is 0 Å². The fraction of sp³-hybridized carbons (Fsp3) is 0.727. The summed E-state index contributed by atoms with van der Waals surface area (Å²) in [6, 6.07) is 5.37. The van der Waals surface area contributed by atoms with E-state index in [-0.39, 0.29) is 26.2 Å². The summed E-state index contributed by atoms with van der Waals surface area (Å²) >= 11 is 8.55. The van der Waals surface area contributed by atoms with Gasteiger partial charge in [-0.1, -0.05) is 6.07 Å². The Hall–Kier alpha value is -0.720. The standard InChI is InChI=1S/C22H39NO11S2/c24-8-17(28)21(32)19(30)15(26)6-23(7-16(27)20(31)22(33)18(29)9-25)3-4-34-14-2-1-12(10-35)13(5-14)11-36/h1-2,5,15-22,24-33,35-36H,3-4,6-11H2/t15-,16-,17-,18-,19-,20-,21-,22-/m1/s1. The molecule has 0 aliphatic heterocycles. The molecule has 8 atom stereocenters. The fourth-order valence-corrected chi connectivity index (χ4v) is 4.02. The molecule has 12 nitrogen and oxygen atoms in total. The van der Waals surface area contributed by atoms with Gasteiger partial charge in [0.25, 0.3) is 0 Å². The van der Waals surface area contributed by atoms with Gasteiger partial charge in [-0.2, -0.15) is 25.3 Å². The van der Waals surface area contributed by atoms with Crippen molar-refractivity contribution in [3.05, 3.63) is 29.3 Å². The maximum atomic E-state index is 10.4. The van der Waals surface area contributed by atoms with Crippen LogP contribution in [0.4, 0.5) is 0 Å². The van der Waals surface area contributed by atoms with Gasteiger partial charge >= 0.3 is 0 Å². The molecule has 0 amide bonds. The first kappa shape index (κ1) is 33.3. The second kappa shape index (κ2) is 17.0. The maximum absolute atomic E-state index is 10.4. The number of aliphatic hydroxyl groups is 10. The van der Waals surface area contributed by atoms with Crippen molar-refractivity contribution in [1.29, 1.82) is 0 Å². The summed E-state index contributed by atoms with van der Waals surface area (Å²) in [5.41, 5.74) is 1.91. The van der Waals surface area contributed by atoms with E-state index in [0.717, 1.165) is 11.1 Å². The molecule has 0 heterocycles. The molecular formula is C22H39NO11S2. The van der Waals surface area contributed by atoms with E-state index < -0.39 is 62.0 Å². The van der Waals surface area contributed by atoms with Crippen LogP contribution in [0.1, 0.15) is 11.1 Å². The maximum Gasteiger partial charge on any atom is 0.119 e. The third-order valence-corrected chi connectivity index (χ3v) is 6.42. The zero-order valence-corrected chi connectivity index (χ0v) is 21.5. The van der Waals surface area contributed by atoms with Gasteiger partial charge in [0.1, 0.15) is 49.0 Å². The molecule has 210 valence electrons. The first-order chi connectivity index (χ1) is 17.0. The first-order valence-electron chi connectivity index (χ1n) is 11.4. The minimum atomic E-state index is -1.86. The SMILES string of the molecule is OC[C@@H](O)[C@@H](O)[C@H](O)[C@H](O)CN(CCOc1ccc(CS)c(CS)c1)C[C@@H](O)[C@@H](O)[C@H](O)[C@H](O)CO. The van der Waals surface area contributed by atoms with Gasteiger partial charge in [-0.3, -0.25) is 4.90 Å². The van der Waals surface area contributed by atoms with Crippen LogP contribution in [0.15, 0.2) is 18.2 Å². The molecule has 0 fully saturated rings. The average Bonchev–Trinajstić information content (AvgIpc) is 2.89. The molecule has 0 spiro atoms. The number of aliphatic hydroxyl groups excluding tert-OH is 10. The highest BCUT2D eigenvalue weighted by atomic mass is 32.1. The lowest BCUT2D eigenvalue weighted by Gasteiger charge is -2.33. The van der Waals surface area contributed by atoms with E-state index in [0.29, 0.717) is 17.3 Å². The van der Waals surface area contributed by atoms with Crippen molar-refractivity contribution in [2.45, 2.75) is 60.3 Å². The van der Waals surface area contributed by atoms with Crippen molar-refractivity contribution < 1.29 is 55.8 Å². The molecule has 1 aromatic carbocycles. The second-order valence-electron chi connectivity index (χ2n) is 8.45. The topological polar surface area (TPSA) is 215 Å². The Kier molecular flexibility index (Phi) is 15.7. The van der Waals surface area contributed by atoms with E-state index in [9.17, 15) is 40.9 Å². The summed E-state index contributed by atoms with van der Waals surface area (Å²) in [7, 11) is 0. The third kappa shape index (κ3) is 10.2. The van der Waals surface area contributed by atoms with E-state index >= 15 is 0 Å². The van der Waals surface area contributed by atoms with Crippen molar-refractivity contribution in [3.8, 4) is 5.75 Å². The van der Waals surface area contributed by atoms with Gasteiger partial charge in [0.2, 0.25) is 0 Å². The smallest absolute Gasteiger partial charge is 0.119 e. The summed E-state index contributed by atoms with van der Waals surface area (Å²) in [5.74, 6) is 1.52. The zero-order chi connectivity index (χ0) is 27.4. The molecule has 0 saturated carbocycles. The van der Waals surface area contributed by atoms with E-state index in [2.05, 4.69) is 25.3 Å². The summed E-state index contributed by atoms with van der Waals surface area (Å²) in [4.78, 5) is 1.36. The van der Waals surface area contributed by atoms with Crippen LogP contribution in [0.5, 0.6) is 5.75 Å². The summed E-state index contributed by atoms with van der Waals surface area (Å²) in [5, 5.41) is 97.7. The number of hydrogen-bond acceptors (Lipinski definition) is 14. The normalized spacial score (nSPS) is 18.8. The first-order valence-corrected chi connectivity index (χ1v) is 12.6. The molecule has 0 radical (unpaired) electrons. The van der Waals surface area contributed by atoms with Crippen LogP contribution in [0.2, 0.25) is 0 Å². The Balaban J connectivity index is 2.91. The van der Waals surface area contributed by atoms with E-state index in [1.807, 2.05) is 6.07 Å². The highest BCUT2D eigenvalue weighted by Gasteiger charge is 2.34. The lowest BCUT2D eigenvalue weighted by atomic mass is 10.0. The Bertz CT molecular complexity index is 720. The number of thiol groups is 2. The minimum absolute atomic E-state index is 0.0293. The van der Waals surface area contributed by atoms with Crippen molar-refractivity contribution in [1.82, 2.24) is 4.90 Å². The van der Waals surface area contributed by atoms with Gasteiger partial charge < -0.3 is 55.8 Å². The predicted octanol–water partition coefficient (Wildman–Crippen LogP) is -3.90. The lowest BCUT2D eigenvalue weighted by Crippen LogP contribution is -2.53. The number of benzene rings is 1. The molecule has 0 aliphatic rings. The van der Waals surface area contributed by atoms with E-state index in [1.54, 1.807) is 12.1 Å². The molecule has 0 saturated heterocycles. The number of rotatable bonds is 18. The van der Waals surface area contributed by atoms with Gasteiger partial charge in [0, 0.05) is 31.1 Å². The van der Waals surface area contributed by atoms with E-state index in [4.69, 9.17) is 14.9 Å². The van der Waals surface area contributed by atoms with Crippen LogP contribution in [0, 0.1) is 0 Å². The van der Waals surface area contributed by atoms with Gasteiger partial charge in [0.05, 0.1) is 25.4 Å². The van der Waals surface area contributed by atoms with Crippen LogP contribution < -0.4 is 4.74 Å². The number of hydrogen-bond donors (Lipinski definition) is 12. The van der Waals surface area contributed by atoms with Crippen molar-refractivity contribution >= 4 is 25.3 Å². The van der Waals surface area contributed by atoms with Crippen molar-refractivity contribution in [2.24, 2.45) is 0 Å². The summed E-state index contributed by atoms with van der Waals surface area (Å²) < 4.78 is 5.74. The van der Waals surface area contributed by atoms with E-state index in [1.165, 1.54) is 4.90 Å². The Morgan fingerprint density at radius 2 is 1.11 bits per heavy atom.